The highest BCUT2D eigenvalue weighted by Gasteiger charge is 2.17. The van der Waals surface area contributed by atoms with Crippen LogP contribution in [-0.2, 0) is 19.4 Å². The number of nitrogens with zero attached hydrogens (tertiary/aromatic N) is 2. The maximum absolute atomic E-state index is 10.2. The van der Waals surface area contributed by atoms with Gasteiger partial charge in [0.1, 0.15) is 0 Å². The normalized spacial score (nSPS) is 12.9. The van der Waals surface area contributed by atoms with Crippen molar-refractivity contribution in [3.63, 3.8) is 0 Å². The van der Waals surface area contributed by atoms with Gasteiger partial charge in [0.25, 0.3) is 0 Å². The van der Waals surface area contributed by atoms with Crippen LogP contribution in [0.15, 0.2) is 27.5 Å². The molecule has 0 spiro atoms. The Morgan fingerprint density at radius 2 is 2.28 bits per heavy atom. The van der Waals surface area contributed by atoms with Gasteiger partial charge in [-0.3, -0.25) is 4.68 Å². The lowest BCUT2D eigenvalue weighted by molar-refractivity contribution is 0.173. The van der Waals surface area contributed by atoms with E-state index in [1.54, 1.807) is 12.3 Å². The summed E-state index contributed by atoms with van der Waals surface area (Å²) in [4.78, 5) is 0. The van der Waals surface area contributed by atoms with Gasteiger partial charge >= 0.3 is 0 Å². The minimum atomic E-state index is -0.579. The first-order valence-electron chi connectivity index (χ1n) is 6.12. The summed E-state index contributed by atoms with van der Waals surface area (Å²) in [5.41, 5.74) is 2.89. The van der Waals surface area contributed by atoms with Crippen LogP contribution in [0.2, 0.25) is 0 Å². The molecule has 1 unspecified atom stereocenters. The summed E-state index contributed by atoms with van der Waals surface area (Å²) in [6.45, 7) is 4.94. The second-order valence-corrected chi connectivity index (χ2v) is 4.89. The summed E-state index contributed by atoms with van der Waals surface area (Å²) < 4.78 is 7.67. The Bertz CT molecular complexity index is 519. The minimum absolute atomic E-state index is 0.541. The average Bonchev–Trinajstić information content (AvgIpc) is 2.95. The smallest absolute Gasteiger partial charge is 0.174 e. The number of rotatable bonds is 5. The Balaban J connectivity index is 2.18. The fraction of sp³-hybridized carbons (Fsp3) is 0.462. The van der Waals surface area contributed by atoms with E-state index in [-0.39, 0.29) is 0 Å². The zero-order chi connectivity index (χ0) is 13.1. The first-order chi connectivity index (χ1) is 8.65. The van der Waals surface area contributed by atoms with Gasteiger partial charge in [-0.25, -0.2) is 0 Å². The Morgan fingerprint density at radius 1 is 1.50 bits per heavy atom. The molecular weight excluding hydrogens is 296 g/mol. The number of hydrogen-bond acceptors (Lipinski definition) is 3. The van der Waals surface area contributed by atoms with Gasteiger partial charge in [-0.1, -0.05) is 6.92 Å². The Labute approximate surface area is 115 Å². The molecule has 98 valence electrons. The monoisotopic (exact) mass is 312 g/mol. The molecule has 2 aromatic rings. The summed E-state index contributed by atoms with van der Waals surface area (Å²) in [5, 5.41) is 14.7. The molecule has 5 heteroatoms. The Morgan fingerprint density at radius 3 is 2.83 bits per heavy atom. The predicted octanol–water partition coefficient (Wildman–Crippen LogP) is 3.10. The molecule has 18 heavy (non-hydrogen) atoms. The molecular formula is C13H17BrN2O2. The van der Waals surface area contributed by atoms with E-state index in [1.165, 1.54) is 0 Å². The highest BCUT2D eigenvalue weighted by Crippen LogP contribution is 2.27. The molecule has 0 aliphatic rings. The van der Waals surface area contributed by atoms with Crippen LogP contribution in [0.1, 0.15) is 36.9 Å². The van der Waals surface area contributed by atoms with Crippen LogP contribution in [0.5, 0.6) is 0 Å². The van der Waals surface area contributed by atoms with Crippen LogP contribution in [0, 0.1) is 0 Å². The maximum Gasteiger partial charge on any atom is 0.174 e. The largest absolute Gasteiger partial charge is 0.457 e. The van der Waals surface area contributed by atoms with Gasteiger partial charge in [0, 0.05) is 24.2 Å². The zero-order valence-corrected chi connectivity index (χ0v) is 12.1. The van der Waals surface area contributed by atoms with Gasteiger partial charge in [-0.2, -0.15) is 5.10 Å². The van der Waals surface area contributed by atoms with Crippen molar-refractivity contribution in [3.05, 3.63) is 40.0 Å². The molecule has 0 fully saturated rings. The molecule has 2 aromatic heterocycles. The molecule has 0 saturated carbocycles. The van der Waals surface area contributed by atoms with Gasteiger partial charge in [0.05, 0.1) is 18.1 Å². The van der Waals surface area contributed by atoms with Gasteiger partial charge in [0.2, 0.25) is 0 Å². The van der Waals surface area contributed by atoms with Crippen molar-refractivity contribution in [2.75, 3.05) is 0 Å². The molecule has 0 aliphatic carbocycles. The molecule has 0 radical (unpaired) electrons. The molecule has 0 aromatic carbocycles. The van der Waals surface area contributed by atoms with Crippen molar-refractivity contribution < 1.29 is 9.52 Å². The minimum Gasteiger partial charge on any atom is -0.457 e. The summed E-state index contributed by atoms with van der Waals surface area (Å²) in [6.07, 6.45) is 2.44. The van der Waals surface area contributed by atoms with Crippen molar-refractivity contribution in [3.8, 4) is 0 Å². The Hall–Kier alpha value is -1.07. The van der Waals surface area contributed by atoms with Crippen LogP contribution < -0.4 is 0 Å². The van der Waals surface area contributed by atoms with Crippen molar-refractivity contribution in [2.45, 2.75) is 39.3 Å². The van der Waals surface area contributed by atoms with Crippen molar-refractivity contribution in [1.82, 2.24) is 9.78 Å². The van der Waals surface area contributed by atoms with E-state index in [4.69, 9.17) is 4.42 Å². The summed E-state index contributed by atoms with van der Waals surface area (Å²) in [5.74, 6) is 0. The van der Waals surface area contributed by atoms with Crippen LogP contribution in [0.3, 0.4) is 0 Å². The zero-order valence-electron chi connectivity index (χ0n) is 10.6. The lowest BCUT2D eigenvalue weighted by atomic mass is 10.1. The molecule has 4 nitrogen and oxygen atoms in total. The summed E-state index contributed by atoms with van der Waals surface area (Å²) in [6, 6.07) is 3.84. The Kier molecular flexibility index (Phi) is 4.24. The fourth-order valence-corrected chi connectivity index (χ4v) is 2.48. The van der Waals surface area contributed by atoms with Crippen molar-refractivity contribution in [2.24, 2.45) is 0 Å². The van der Waals surface area contributed by atoms with E-state index >= 15 is 0 Å². The number of halogens is 1. The number of aliphatic hydroxyl groups is 1. The maximum atomic E-state index is 10.2. The molecule has 0 saturated heterocycles. The number of furan rings is 1. The van der Waals surface area contributed by atoms with E-state index in [1.807, 2.05) is 4.68 Å². The molecule has 2 heterocycles. The SMILES string of the molecule is CCc1cc(CC(O)c2ccoc2Br)n(CC)n1. The molecule has 0 bridgehead atoms. The summed E-state index contributed by atoms with van der Waals surface area (Å²) in [7, 11) is 0. The van der Waals surface area contributed by atoms with E-state index in [9.17, 15) is 5.11 Å². The molecule has 1 atom stereocenters. The van der Waals surface area contributed by atoms with Gasteiger partial charge < -0.3 is 9.52 Å². The van der Waals surface area contributed by atoms with E-state index in [2.05, 4.69) is 40.9 Å². The van der Waals surface area contributed by atoms with E-state index in [0.29, 0.717) is 11.1 Å². The highest BCUT2D eigenvalue weighted by atomic mass is 79.9. The third kappa shape index (κ3) is 2.67. The second-order valence-electron chi connectivity index (χ2n) is 4.17. The van der Waals surface area contributed by atoms with E-state index in [0.717, 1.165) is 29.9 Å². The lowest BCUT2D eigenvalue weighted by Crippen LogP contribution is -2.08. The molecule has 1 N–H and O–H groups in total. The van der Waals surface area contributed by atoms with Crippen molar-refractivity contribution in [1.29, 1.82) is 0 Å². The van der Waals surface area contributed by atoms with Crippen molar-refractivity contribution >= 4 is 15.9 Å². The predicted molar refractivity (Wildman–Crippen MR) is 72.4 cm³/mol. The third-order valence-electron chi connectivity index (χ3n) is 2.98. The first kappa shape index (κ1) is 13.4. The van der Waals surface area contributed by atoms with Crippen LogP contribution in [0.4, 0.5) is 0 Å². The number of aryl methyl sites for hydroxylation is 2. The van der Waals surface area contributed by atoms with Crippen LogP contribution in [-0.4, -0.2) is 14.9 Å². The topological polar surface area (TPSA) is 51.2 Å². The first-order valence-corrected chi connectivity index (χ1v) is 6.91. The van der Waals surface area contributed by atoms with Gasteiger partial charge in [0.15, 0.2) is 4.67 Å². The van der Waals surface area contributed by atoms with Gasteiger partial charge in [-0.05, 0) is 41.4 Å². The van der Waals surface area contributed by atoms with E-state index < -0.39 is 6.10 Å². The number of aliphatic hydroxyl groups excluding tert-OH is 1. The average molecular weight is 313 g/mol. The highest BCUT2D eigenvalue weighted by molar-refractivity contribution is 9.10. The number of hydrogen-bond donors (Lipinski definition) is 1. The molecule has 0 aliphatic heterocycles. The lowest BCUT2D eigenvalue weighted by Gasteiger charge is -2.10. The number of aromatic nitrogens is 2. The molecule has 2 rings (SSSR count). The quantitative estimate of drug-likeness (QED) is 0.923. The third-order valence-corrected chi connectivity index (χ3v) is 3.63. The fourth-order valence-electron chi connectivity index (χ4n) is 1.98. The van der Waals surface area contributed by atoms with Crippen LogP contribution in [0.25, 0.3) is 0 Å². The molecule has 0 amide bonds. The van der Waals surface area contributed by atoms with Crippen LogP contribution >= 0.6 is 15.9 Å². The standard InChI is InChI=1S/C13H17BrN2O2/c1-3-9-7-10(16(4-2)15-9)8-12(17)11-5-6-18-13(11)14/h5-7,12,17H,3-4,8H2,1-2H3. The second kappa shape index (κ2) is 5.71. The summed E-state index contributed by atoms with van der Waals surface area (Å²) >= 11 is 3.29. The van der Waals surface area contributed by atoms with Gasteiger partial charge in [-0.15, -0.1) is 0 Å².